The molecule has 1 aromatic heterocycles. The Balaban J connectivity index is 1.95. The van der Waals surface area contributed by atoms with Crippen molar-refractivity contribution >= 4 is 17.9 Å². The van der Waals surface area contributed by atoms with Gasteiger partial charge in [0.25, 0.3) is 5.91 Å². The molecule has 2 aromatic rings. The van der Waals surface area contributed by atoms with E-state index in [1.54, 1.807) is 35.4 Å². The standard InChI is InChI=1S/C15H12N2O2/c18-10-11-3-5-13(6-4-11)17-9-7-12-2-1-8-16-14(12)15(17)19/h1-6,8,10H,7,9H2. The van der Waals surface area contributed by atoms with Crippen molar-refractivity contribution in [3.05, 3.63) is 59.4 Å². The topological polar surface area (TPSA) is 50.3 Å². The summed E-state index contributed by atoms with van der Waals surface area (Å²) >= 11 is 0. The lowest BCUT2D eigenvalue weighted by Crippen LogP contribution is -2.38. The first kappa shape index (κ1) is 11.6. The highest BCUT2D eigenvalue weighted by molar-refractivity contribution is 6.06. The molecule has 2 heterocycles. The van der Waals surface area contributed by atoms with Crippen molar-refractivity contribution in [2.75, 3.05) is 11.4 Å². The van der Waals surface area contributed by atoms with E-state index in [1.807, 2.05) is 12.1 Å². The average molecular weight is 252 g/mol. The molecule has 4 heteroatoms. The molecule has 0 spiro atoms. The summed E-state index contributed by atoms with van der Waals surface area (Å²) in [6.45, 7) is 0.637. The van der Waals surface area contributed by atoms with Gasteiger partial charge in [0.05, 0.1) is 0 Å². The van der Waals surface area contributed by atoms with E-state index in [4.69, 9.17) is 0 Å². The zero-order chi connectivity index (χ0) is 13.2. The Morgan fingerprint density at radius 2 is 1.95 bits per heavy atom. The molecule has 0 aliphatic carbocycles. The van der Waals surface area contributed by atoms with Crippen molar-refractivity contribution < 1.29 is 9.59 Å². The second-order valence-electron chi connectivity index (χ2n) is 4.43. The number of pyridine rings is 1. The highest BCUT2D eigenvalue weighted by atomic mass is 16.2. The average Bonchev–Trinajstić information content (AvgIpc) is 2.48. The Bertz CT molecular complexity index is 635. The van der Waals surface area contributed by atoms with E-state index >= 15 is 0 Å². The second-order valence-corrected chi connectivity index (χ2v) is 4.43. The van der Waals surface area contributed by atoms with Crippen LogP contribution in [0, 0.1) is 0 Å². The first-order valence-corrected chi connectivity index (χ1v) is 6.10. The summed E-state index contributed by atoms with van der Waals surface area (Å²) in [7, 11) is 0. The van der Waals surface area contributed by atoms with Gasteiger partial charge in [-0.3, -0.25) is 14.6 Å². The molecule has 0 radical (unpaired) electrons. The fourth-order valence-corrected chi connectivity index (χ4v) is 2.27. The molecular formula is C15H12N2O2. The van der Waals surface area contributed by atoms with Gasteiger partial charge < -0.3 is 4.90 Å². The summed E-state index contributed by atoms with van der Waals surface area (Å²) in [5.74, 6) is -0.0827. The zero-order valence-electron chi connectivity index (χ0n) is 10.2. The Morgan fingerprint density at radius 1 is 1.16 bits per heavy atom. The zero-order valence-corrected chi connectivity index (χ0v) is 10.2. The highest BCUT2D eigenvalue weighted by Gasteiger charge is 2.26. The Morgan fingerprint density at radius 3 is 2.68 bits per heavy atom. The molecular weight excluding hydrogens is 240 g/mol. The first-order valence-electron chi connectivity index (χ1n) is 6.10. The number of aldehydes is 1. The quantitative estimate of drug-likeness (QED) is 0.769. The number of fused-ring (bicyclic) bond motifs is 1. The van der Waals surface area contributed by atoms with Crippen molar-refractivity contribution in [1.82, 2.24) is 4.98 Å². The van der Waals surface area contributed by atoms with E-state index in [9.17, 15) is 9.59 Å². The number of carbonyl (C=O) groups is 2. The lowest BCUT2D eigenvalue weighted by atomic mass is 10.0. The third-order valence-corrected chi connectivity index (χ3v) is 3.28. The van der Waals surface area contributed by atoms with Crippen LogP contribution in [0.2, 0.25) is 0 Å². The molecule has 1 aromatic carbocycles. The van der Waals surface area contributed by atoms with Crippen LogP contribution in [-0.4, -0.2) is 23.7 Å². The molecule has 1 amide bonds. The third kappa shape index (κ3) is 2.01. The molecule has 0 saturated carbocycles. The maximum absolute atomic E-state index is 12.4. The van der Waals surface area contributed by atoms with Gasteiger partial charge in [-0.15, -0.1) is 0 Å². The second kappa shape index (κ2) is 4.65. The Hall–Kier alpha value is -2.49. The number of hydrogen-bond donors (Lipinski definition) is 0. The molecule has 94 valence electrons. The number of rotatable bonds is 2. The highest BCUT2D eigenvalue weighted by Crippen LogP contribution is 2.23. The van der Waals surface area contributed by atoms with Gasteiger partial charge in [-0.1, -0.05) is 6.07 Å². The van der Waals surface area contributed by atoms with Gasteiger partial charge in [-0.25, -0.2) is 0 Å². The number of aromatic nitrogens is 1. The van der Waals surface area contributed by atoms with Gasteiger partial charge in [-0.2, -0.15) is 0 Å². The van der Waals surface area contributed by atoms with Gasteiger partial charge in [-0.05, 0) is 42.3 Å². The van der Waals surface area contributed by atoms with Crippen LogP contribution in [0.15, 0.2) is 42.6 Å². The van der Waals surface area contributed by atoms with Gasteiger partial charge >= 0.3 is 0 Å². The lowest BCUT2D eigenvalue weighted by molar-refractivity contribution is 0.0975. The predicted octanol–water partition coefficient (Wildman–Crippen LogP) is 2.10. The Kier molecular flexibility index (Phi) is 2.83. The Labute approximate surface area is 110 Å². The van der Waals surface area contributed by atoms with E-state index < -0.39 is 0 Å². The molecule has 4 nitrogen and oxygen atoms in total. The number of benzene rings is 1. The van der Waals surface area contributed by atoms with Crippen molar-refractivity contribution in [3.8, 4) is 0 Å². The van der Waals surface area contributed by atoms with Crippen LogP contribution < -0.4 is 4.90 Å². The molecule has 0 N–H and O–H groups in total. The summed E-state index contributed by atoms with van der Waals surface area (Å²) in [4.78, 5) is 28.9. The van der Waals surface area contributed by atoms with Crippen LogP contribution in [0.1, 0.15) is 26.4 Å². The minimum atomic E-state index is -0.0827. The number of carbonyl (C=O) groups excluding carboxylic acids is 2. The third-order valence-electron chi connectivity index (χ3n) is 3.28. The predicted molar refractivity (Wildman–Crippen MR) is 71.4 cm³/mol. The maximum Gasteiger partial charge on any atom is 0.277 e. The number of hydrogen-bond acceptors (Lipinski definition) is 3. The van der Waals surface area contributed by atoms with Crippen LogP contribution in [0.25, 0.3) is 0 Å². The van der Waals surface area contributed by atoms with Crippen molar-refractivity contribution in [3.63, 3.8) is 0 Å². The monoisotopic (exact) mass is 252 g/mol. The minimum absolute atomic E-state index is 0.0827. The maximum atomic E-state index is 12.4. The van der Waals surface area contributed by atoms with Crippen molar-refractivity contribution in [1.29, 1.82) is 0 Å². The molecule has 0 bridgehead atoms. The number of amides is 1. The molecule has 0 unspecified atom stereocenters. The van der Waals surface area contributed by atoms with Crippen LogP contribution >= 0.6 is 0 Å². The summed E-state index contributed by atoms with van der Waals surface area (Å²) in [5.41, 5.74) is 2.92. The molecule has 0 atom stereocenters. The van der Waals surface area contributed by atoms with Gasteiger partial charge in [0.15, 0.2) is 0 Å². The fourth-order valence-electron chi connectivity index (χ4n) is 2.27. The smallest absolute Gasteiger partial charge is 0.277 e. The van der Waals surface area contributed by atoms with Gasteiger partial charge in [0.1, 0.15) is 12.0 Å². The molecule has 3 rings (SSSR count). The minimum Gasteiger partial charge on any atom is -0.307 e. The summed E-state index contributed by atoms with van der Waals surface area (Å²) in [5, 5.41) is 0. The van der Waals surface area contributed by atoms with Crippen LogP contribution in [0.4, 0.5) is 5.69 Å². The van der Waals surface area contributed by atoms with E-state index in [-0.39, 0.29) is 5.91 Å². The molecule has 0 saturated heterocycles. The summed E-state index contributed by atoms with van der Waals surface area (Å²) < 4.78 is 0. The SMILES string of the molecule is O=Cc1ccc(N2CCc3cccnc3C2=O)cc1. The summed E-state index contributed by atoms with van der Waals surface area (Å²) in [6, 6.07) is 10.8. The van der Waals surface area contributed by atoms with E-state index in [0.29, 0.717) is 17.8 Å². The molecule has 1 aliphatic rings. The van der Waals surface area contributed by atoms with Crippen molar-refractivity contribution in [2.24, 2.45) is 0 Å². The normalized spacial score (nSPS) is 14.1. The lowest BCUT2D eigenvalue weighted by Gasteiger charge is -2.27. The van der Waals surface area contributed by atoms with E-state index in [2.05, 4.69) is 4.98 Å². The fraction of sp³-hybridized carbons (Fsp3) is 0.133. The van der Waals surface area contributed by atoms with Crippen LogP contribution in [-0.2, 0) is 6.42 Å². The molecule has 1 aliphatic heterocycles. The first-order chi connectivity index (χ1) is 9.29. The van der Waals surface area contributed by atoms with E-state index in [1.165, 1.54) is 0 Å². The largest absolute Gasteiger partial charge is 0.307 e. The number of nitrogens with zero attached hydrogens (tertiary/aromatic N) is 2. The van der Waals surface area contributed by atoms with Crippen LogP contribution in [0.5, 0.6) is 0 Å². The number of anilines is 1. The molecule has 19 heavy (non-hydrogen) atoms. The van der Waals surface area contributed by atoms with Gasteiger partial charge in [0, 0.05) is 24.0 Å². The summed E-state index contributed by atoms with van der Waals surface area (Å²) in [6.07, 6.45) is 3.22. The van der Waals surface area contributed by atoms with Crippen molar-refractivity contribution in [2.45, 2.75) is 6.42 Å². The van der Waals surface area contributed by atoms with Gasteiger partial charge in [0.2, 0.25) is 0 Å². The molecule has 0 fully saturated rings. The van der Waals surface area contributed by atoms with E-state index in [0.717, 1.165) is 24.0 Å². The van der Waals surface area contributed by atoms with Crippen LogP contribution in [0.3, 0.4) is 0 Å².